The average molecular weight is 317 g/mol. The molecule has 2 nitrogen and oxygen atoms in total. The summed E-state index contributed by atoms with van der Waals surface area (Å²) in [6, 6.07) is 9.92. The molecule has 0 saturated heterocycles. The Morgan fingerprint density at radius 2 is 1.62 bits per heavy atom. The zero-order chi connectivity index (χ0) is 15.1. The van der Waals surface area contributed by atoms with Crippen LogP contribution in [0.3, 0.4) is 0 Å². The third kappa shape index (κ3) is 2.61. The first-order valence-corrected chi connectivity index (χ1v) is 7.42. The fraction of sp³-hybridized carbons (Fsp3) is 0.176. The molecular weight excluding hydrogens is 303 g/mol. The lowest BCUT2D eigenvalue weighted by molar-refractivity contribution is 1.21. The van der Waals surface area contributed by atoms with Crippen molar-refractivity contribution in [1.29, 1.82) is 0 Å². The van der Waals surface area contributed by atoms with Crippen molar-refractivity contribution in [1.82, 2.24) is 9.97 Å². The van der Waals surface area contributed by atoms with Crippen molar-refractivity contribution in [3.8, 4) is 11.4 Å². The van der Waals surface area contributed by atoms with Crippen LogP contribution in [0.2, 0.25) is 10.2 Å². The molecule has 0 bridgehead atoms. The quantitative estimate of drug-likeness (QED) is 0.552. The highest BCUT2D eigenvalue weighted by Crippen LogP contribution is 2.31. The second-order valence-corrected chi connectivity index (χ2v) is 6.06. The normalized spacial score (nSPS) is 11.1. The SMILES string of the molecule is Cc1ccc(-c2nc(Cl)c3cc(C)cc(C)c3n2)c(Cl)c1. The van der Waals surface area contributed by atoms with Crippen LogP contribution < -0.4 is 0 Å². The van der Waals surface area contributed by atoms with Crippen molar-refractivity contribution >= 4 is 34.1 Å². The Morgan fingerprint density at radius 3 is 2.33 bits per heavy atom. The van der Waals surface area contributed by atoms with E-state index in [1.54, 1.807) is 0 Å². The number of fused-ring (bicyclic) bond motifs is 1. The molecular formula is C17H14Cl2N2. The fourth-order valence-electron chi connectivity index (χ4n) is 2.47. The van der Waals surface area contributed by atoms with E-state index in [2.05, 4.69) is 16.0 Å². The lowest BCUT2D eigenvalue weighted by Gasteiger charge is -2.09. The summed E-state index contributed by atoms with van der Waals surface area (Å²) in [6.45, 7) is 6.06. The van der Waals surface area contributed by atoms with Crippen molar-refractivity contribution in [2.45, 2.75) is 20.8 Å². The molecule has 0 aliphatic heterocycles. The number of halogens is 2. The minimum absolute atomic E-state index is 0.457. The molecule has 1 aromatic heterocycles. The molecule has 0 aliphatic carbocycles. The number of hydrogen-bond acceptors (Lipinski definition) is 2. The number of aryl methyl sites for hydroxylation is 3. The van der Waals surface area contributed by atoms with Gasteiger partial charge in [0.05, 0.1) is 10.5 Å². The van der Waals surface area contributed by atoms with Crippen molar-refractivity contribution in [2.75, 3.05) is 0 Å². The summed E-state index contributed by atoms with van der Waals surface area (Å²) in [7, 11) is 0. The van der Waals surface area contributed by atoms with Crippen molar-refractivity contribution < 1.29 is 0 Å². The van der Waals surface area contributed by atoms with Gasteiger partial charge in [0.1, 0.15) is 5.15 Å². The molecule has 0 unspecified atom stereocenters. The molecule has 0 radical (unpaired) electrons. The van der Waals surface area contributed by atoms with Crippen molar-refractivity contribution in [2.24, 2.45) is 0 Å². The number of hydrogen-bond donors (Lipinski definition) is 0. The van der Waals surface area contributed by atoms with Gasteiger partial charge in [-0.2, -0.15) is 0 Å². The Morgan fingerprint density at radius 1 is 0.857 bits per heavy atom. The van der Waals surface area contributed by atoms with Crippen LogP contribution >= 0.6 is 23.2 Å². The van der Waals surface area contributed by atoms with Crippen molar-refractivity contribution in [3.05, 3.63) is 57.2 Å². The van der Waals surface area contributed by atoms with E-state index in [-0.39, 0.29) is 0 Å². The summed E-state index contributed by atoms with van der Waals surface area (Å²) >= 11 is 12.7. The maximum atomic E-state index is 6.35. The lowest BCUT2D eigenvalue weighted by atomic mass is 10.1. The second-order valence-electron chi connectivity index (χ2n) is 5.30. The molecule has 0 N–H and O–H groups in total. The highest BCUT2D eigenvalue weighted by Gasteiger charge is 2.12. The van der Waals surface area contributed by atoms with Gasteiger partial charge in [-0.15, -0.1) is 0 Å². The molecule has 0 spiro atoms. The van der Waals surface area contributed by atoms with Gasteiger partial charge in [0.25, 0.3) is 0 Å². The Hall–Kier alpha value is -1.64. The molecule has 0 amide bonds. The van der Waals surface area contributed by atoms with Gasteiger partial charge in [-0.3, -0.25) is 0 Å². The number of aromatic nitrogens is 2. The molecule has 106 valence electrons. The molecule has 0 saturated carbocycles. The summed E-state index contributed by atoms with van der Waals surface area (Å²) in [4.78, 5) is 9.07. The molecule has 2 aromatic carbocycles. The topological polar surface area (TPSA) is 25.8 Å². The van der Waals surface area contributed by atoms with Gasteiger partial charge in [-0.1, -0.05) is 40.9 Å². The van der Waals surface area contributed by atoms with Gasteiger partial charge in [0.2, 0.25) is 0 Å². The van der Waals surface area contributed by atoms with Crippen LogP contribution in [-0.4, -0.2) is 9.97 Å². The second kappa shape index (κ2) is 5.28. The predicted molar refractivity (Wildman–Crippen MR) is 89.2 cm³/mol. The third-order valence-corrected chi connectivity index (χ3v) is 4.06. The van der Waals surface area contributed by atoms with Gasteiger partial charge >= 0.3 is 0 Å². The molecule has 0 fully saturated rings. The van der Waals surface area contributed by atoms with Crippen LogP contribution in [0.4, 0.5) is 0 Å². The van der Waals surface area contributed by atoms with Gasteiger partial charge in [-0.05, 0) is 50.1 Å². The van der Waals surface area contributed by atoms with Crippen LogP contribution in [0.25, 0.3) is 22.3 Å². The van der Waals surface area contributed by atoms with E-state index in [0.717, 1.165) is 33.2 Å². The van der Waals surface area contributed by atoms with E-state index in [0.29, 0.717) is 16.0 Å². The van der Waals surface area contributed by atoms with E-state index >= 15 is 0 Å². The first kappa shape index (κ1) is 14.3. The van der Waals surface area contributed by atoms with E-state index in [1.165, 1.54) is 0 Å². The molecule has 4 heteroatoms. The molecule has 0 atom stereocenters. The Bertz CT molecular complexity index is 857. The number of nitrogens with zero attached hydrogens (tertiary/aromatic N) is 2. The van der Waals surface area contributed by atoms with Gasteiger partial charge in [-0.25, -0.2) is 9.97 Å². The smallest absolute Gasteiger partial charge is 0.163 e. The Labute approximate surface area is 133 Å². The van der Waals surface area contributed by atoms with E-state index < -0.39 is 0 Å². The first-order chi connectivity index (χ1) is 9.95. The highest BCUT2D eigenvalue weighted by molar-refractivity contribution is 6.35. The largest absolute Gasteiger partial charge is 0.228 e. The lowest BCUT2D eigenvalue weighted by Crippen LogP contribution is -1.95. The van der Waals surface area contributed by atoms with E-state index in [4.69, 9.17) is 23.2 Å². The Balaban J connectivity index is 2.30. The minimum atomic E-state index is 0.457. The van der Waals surface area contributed by atoms with Gasteiger partial charge < -0.3 is 0 Å². The van der Waals surface area contributed by atoms with Crippen LogP contribution in [-0.2, 0) is 0 Å². The van der Waals surface area contributed by atoms with Gasteiger partial charge in [0.15, 0.2) is 5.82 Å². The van der Waals surface area contributed by atoms with E-state index in [9.17, 15) is 0 Å². The maximum Gasteiger partial charge on any atom is 0.163 e. The molecule has 21 heavy (non-hydrogen) atoms. The van der Waals surface area contributed by atoms with Crippen LogP contribution in [0.5, 0.6) is 0 Å². The number of benzene rings is 2. The maximum absolute atomic E-state index is 6.35. The third-order valence-electron chi connectivity index (χ3n) is 3.45. The highest BCUT2D eigenvalue weighted by atomic mass is 35.5. The number of rotatable bonds is 1. The summed E-state index contributed by atoms with van der Waals surface area (Å²) in [5.41, 5.74) is 4.99. The zero-order valence-corrected chi connectivity index (χ0v) is 13.5. The van der Waals surface area contributed by atoms with Crippen LogP contribution in [0.15, 0.2) is 30.3 Å². The molecule has 0 aliphatic rings. The minimum Gasteiger partial charge on any atom is -0.228 e. The molecule has 1 heterocycles. The summed E-state index contributed by atoms with van der Waals surface area (Å²) in [5.74, 6) is 0.560. The fourth-order valence-corrected chi connectivity index (χ4v) is 3.02. The summed E-state index contributed by atoms with van der Waals surface area (Å²) < 4.78 is 0. The van der Waals surface area contributed by atoms with E-state index in [1.807, 2.05) is 45.0 Å². The molecule has 3 aromatic rings. The summed E-state index contributed by atoms with van der Waals surface area (Å²) in [5, 5.41) is 1.97. The Kier molecular flexibility index (Phi) is 3.60. The van der Waals surface area contributed by atoms with Gasteiger partial charge in [0, 0.05) is 10.9 Å². The van der Waals surface area contributed by atoms with Crippen LogP contribution in [0.1, 0.15) is 16.7 Å². The van der Waals surface area contributed by atoms with Crippen molar-refractivity contribution in [3.63, 3.8) is 0 Å². The standard InChI is InChI=1S/C17H14Cl2N2/c1-9-4-5-12(14(18)8-9)17-20-15-11(3)6-10(2)7-13(15)16(19)21-17/h4-8H,1-3H3. The monoisotopic (exact) mass is 316 g/mol. The average Bonchev–Trinajstić information content (AvgIpc) is 2.40. The zero-order valence-electron chi connectivity index (χ0n) is 12.0. The first-order valence-electron chi connectivity index (χ1n) is 6.67. The van der Waals surface area contributed by atoms with Crippen LogP contribution in [0, 0.1) is 20.8 Å². The predicted octanol–water partition coefficient (Wildman–Crippen LogP) is 5.53. The molecule has 3 rings (SSSR count). The summed E-state index contributed by atoms with van der Waals surface area (Å²) in [6.07, 6.45) is 0.